The molecule has 0 aliphatic rings. The lowest BCUT2D eigenvalue weighted by Crippen LogP contribution is -2.22. The average Bonchev–Trinajstić information content (AvgIpc) is 2.65. The number of carbonyl (C=O) groups is 2. The van der Waals surface area contributed by atoms with Gasteiger partial charge in [0.1, 0.15) is 5.75 Å². The van der Waals surface area contributed by atoms with E-state index in [2.05, 4.69) is 10.6 Å². The number of para-hydroxylation sites is 2. The van der Waals surface area contributed by atoms with Crippen molar-refractivity contribution >= 4 is 23.2 Å². The maximum absolute atomic E-state index is 12.3. The van der Waals surface area contributed by atoms with Crippen LogP contribution in [0.3, 0.4) is 0 Å². The molecule has 0 saturated carbocycles. The molecule has 2 aromatic carbocycles. The Balaban J connectivity index is 1.90. The zero-order valence-electron chi connectivity index (χ0n) is 17.0. The number of aryl methyl sites for hydroxylation is 1. The van der Waals surface area contributed by atoms with E-state index in [1.807, 2.05) is 62.4 Å². The SMILES string of the molecule is CC(C)Oc1ccccc1NCC(=O)Nc1cccc(CCC(=O)N(C)C)c1. The van der Waals surface area contributed by atoms with Crippen molar-refractivity contribution in [2.45, 2.75) is 32.8 Å². The highest BCUT2D eigenvalue weighted by Gasteiger charge is 2.09. The van der Waals surface area contributed by atoms with Crippen LogP contribution < -0.4 is 15.4 Å². The minimum Gasteiger partial charge on any atom is -0.489 e. The molecule has 28 heavy (non-hydrogen) atoms. The highest BCUT2D eigenvalue weighted by molar-refractivity contribution is 5.94. The second kappa shape index (κ2) is 10.3. The van der Waals surface area contributed by atoms with Gasteiger partial charge in [0, 0.05) is 26.2 Å². The summed E-state index contributed by atoms with van der Waals surface area (Å²) in [6, 6.07) is 15.1. The molecule has 0 radical (unpaired) electrons. The Labute approximate surface area is 166 Å². The second-order valence-electron chi connectivity index (χ2n) is 7.05. The third kappa shape index (κ3) is 6.95. The van der Waals surface area contributed by atoms with Gasteiger partial charge < -0.3 is 20.3 Å². The zero-order chi connectivity index (χ0) is 20.5. The molecule has 0 spiro atoms. The van der Waals surface area contributed by atoms with Crippen LogP contribution in [-0.4, -0.2) is 43.5 Å². The Morgan fingerprint density at radius 3 is 2.54 bits per heavy atom. The molecule has 0 bridgehead atoms. The van der Waals surface area contributed by atoms with Crippen molar-refractivity contribution in [3.8, 4) is 5.75 Å². The standard InChI is InChI=1S/C22H29N3O3/c1-16(2)28-20-11-6-5-10-19(20)23-15-21(26)24-18-9-7-8-17(14-18)12-13-22(27)25(3)4/h5-11,14,16,23H,12-13,15H2,1-4H3,(H,24,26). The van der Waals surface area contributed by atoms with E-state index in [1.165, 1.54) is 0 Å². The van der Waals surface area contributed by atoms with Crippen LogP contribution in [0, 0.1) is 0 Å². The molecule has 0 unspecified atom stereocenters. The minimum absolute atomic E-state index is 0.0545. The summed E-state index contributed by atoms with van der Waals surface area (Å²) < 4.78 is 5.75. The fourth-order valence-corrected chi connectivity index (χ4v) is 2.63. The molecule has 6 heteroatoms. The molecule has 0 fully saturated rings. The second-order valence-corrected chi connectivity index (χ2v) is 7.05. The van der Waals surface area contributed by atoms with E-state index >= 15 is 0 Å². The van der Waals surface area contributed by atoms with Crippen molar-refractivity contribution in [3.05, 3.63) is 54.1 Å². The Morgan fingerprint density at radius 1 is 1.07 bits per heavy atom. The maximum atomic E-state index is 12.3. The van der Waals surface area contributed by atoms with Crippen LogP contribution >= 0.6 is 0 Å². The number of nitrogens with one attached hydrogen (secondary N) is 2. The molecule has 2 amide bonds. The molecule has 2 rings (SSSR count). The van der Waals surface area contributed by atoms with Crippen LogP contribution in [0.5, 0.6) is 5.75 Å². The van der Waals surface area contributed by atoms with Crippen LogP contribution in [0.25, 0.3) is 0 Å². The lowest BCUT2D eigenvalue weighted by atomic mass is 10.1. The summed E-state index contributed by atoms with van der Waals surface area (Å²) in [5.74, 6) is 0.652. The quantitative estimate of drug-likeness (QED) is 0.695. The van der Waals surface area contributed by atoms with E-state index in [1.54, 1.807) is 19.0 Å². The smallest absolute Gasteiger partial charge is 0.243 e. The van der Waals surface area contributed by atoms with Crippen molar-refractivity contribution in [1.29, 1.82) is 0 Å². The highest BCUT2D eigenvalue weighted by atomic mass is 16.5. The third-order valence-electron chi connectivity index (χ3n) is 4.03. The first-order chi connectivity index (χ1) is 13.3. The maximum Gasteiger partial charge on any atom is 0.243 e. The number of anilines is 2. The summed E-state index contributed by atoms with van der Waals surface area (Å²) in [5, 5.41) is 6.00. The molecule has 6 nitrogen and oxygen atoms in total. The van der Waals surface area contributed by atoms with Crippen molar-refractivity contribution < 1.29 is 14.3 Å². The predicted molar refractivity (Wildman–Crippen MR) is 113 cm³/mol. The molecule has 0 heterocycles. The normalized spacial score (nSPS) is 10.5. The molecule has 2 aromatic rings. The van der Waals surface area contributed by atoms with E-state index in [-0.39, 0.29) is 24.5 Å². The van der Waals surface area contributed by atoms with E-state index in [0.29, 0.717) is 18.5 Å². The predicted octanol–water partition coefficient (Wildman–Crippen LogP) is 3.55. The topological polar surface area (TPSA) is 70.7 Å². The number of hydrogen-bond donors (Lipinski definition) is 2. The van der Waals surface area contributed by atoms with Gasteiger partial charge in [-0.05, 0) is 50.1 Å². The van der Waals surface area contributed by atoms with E-state index in [9.17, 15) is 9.59 Å². The first kappa shape index (κ1) is 21.3. The molecule has 150 valence electrons. The van der Waals surface area contributed by atoms with Gasteiger partial charge in [0.05, 0.1) is 18.3 Å². The number of ether oxygens (including phenoxy) is 1. The molecule has 0 aliphatic carbocycles. The molecular weight excluding hydrogens is 354 g/mol. The van der Waals surface area contributed by atoms with Gasteiger partial charge in [0.25, 0.3) is 0 Å². The fourth-order valence-electron chi connectivity index (χ4n) is 2.63. The van der Waals surface area contributed by atoms with Gasteiger partial charge in [-0.1, -0.05) is 24.3 Å². The third-order valence-corrected chi connectivity index (χ3v) is 4.03. The van der Waals surface area contributed by atoms with Gasteiger partial charge in [-0.3, -0.25) is 9.59 Å². The van der Waals surface area contributed by atoms with Gasteiger partial charge in [-0.15, -0.1) is 0 Å². The first-order valence-electron chi connectivity index (χ1n) is 9.43. The summed E-state index contributed by atoms with van der Waals surface area (Å²) in [6.45, 7) is 4.05. The number of carbonyl (C=O) groups excluding carboxylic acids is 2. The number of amides is 2. The Bertz CT molecular complexity index is 803. The largest absolute Gasteiger partial charge is 0.489 e. The van der Waals surface area contributed by atoms with Crippen LogP contribution in [0.1, 0.15) is 25.8 Å². The number of hydrogen-bond acceptors (Lipinski definition) is 4. The van der Waals surface area contributed by atoms with Crippen LogP contribution in [0.15, 0.2) is 48.5 Å². The minimum atomic E-state index is -0.152. The molecule has 2 N–H and O–H groups in total. The van der Waals surface area contributed by atoms with Gasteiger partial charge in [0.15, 0.2) is 0 Å². The van der Waals surface area contributed by atoms with Crippen molar-refractivity contribution in [2.24, 2.45) is 0 Å². The summed E-state index contributed by atoms with van der Waals surface area (Å²) in [7, 11) is 3.49. The molecule has 0 saturated heterocycles. The van der Waals surface area contributed by atoms with E-state index in [4.69, 9.17) is 4.74 Å². The Kier molecular flexibility index (Phi) is 7.87. The van der Waals surface area contributed by atoms with Gasteiger partial charge in [0.2, 0.25) is 11.8 Å². The van der Waals surface area contributed by atoms with Crippen LogP contribution in [0.2, 0.25) is 0 Å². The Morgan fingerprint density at radius 2 is 1.82 bits per heavy atom. The van der Waals surface area contributed by atoms with E-state index in [0.717, 1.165) is 17.0 Å². The zero-order valence-corrected chi connectivity index (χ0v) is 17.0. The van der Waals surface area contributed by atoms with Gasteiger partial charge in [-0.25, -0.2) is 0 Å². The van der Waals surface area contributed by atoms with Crippen molar-refractivity contribution in [3.63, 3.8) is 0 Å². The van der Waals surface area contributed by atoms with Gasteiger partial charge >= 0.3 is 0 Å². The number of nitrogens with zero attached hydrogens (tertiary/aromatic N) is 1. The van der Waals surface area contributed by atoms with E-state index < -0.39 is 0 Å². The Hall–Kier alpha value is -3.02. The van der Waals surface area contributed by atoms with Crippen LogP contribution in [-0.2, 0) is 16.0 Å². The molecule has 0 aliphatic heterocycles. The van der Waals surface area contributed by atoms with Crippen LogP contribution in [0.4, 0.5) is 11.4 Å². The monoisotopic (exact) mass is 383 g/mol. The first-order valence-corrected chi connectivity index (χ1v) is 9.43. The lowest BCUT2D eigenvalue weighted by Gasteiger charge is -2.15. The van der Waals surface area contributed by atoms with Crippen molar-refractivity contribution in [2.75, 3.05) is 31.3 Å². The molecule has 0 atom stereocenters. The summed E-state index contributed by atoms with van der Waals surface area (Å²) >= 11 is 0. The average molecular weight is 383 g/mol. The van der Waals surface area contributed by atoms with Gasteiger partial charge in [-0.2, -0.15) is 0 Å². The summed E-state index contributed by atoms with van der Waals surface area (Å²) in [5.41, 5.74) is 2.51. The molecular formula is C22H29N3O3. The lowest BCUT2D eigenvalue weighted by molar-refractivity contribution is -0.128. The summed E-state index contributed by atoms with van der Waals surface area (Å²) in [4.78, 5) is 25.6. The van der Waals surface area contributed by atoms with Crippen molar-refractivity contribution in [1.82, 2.24) is 4.90 Å². The fraction of sp³-hybridized carbons (Fsp3) is 0.364. The number of rotatable bonds is 9. The molecule has 0 aromatic heterocycles. The summed E-state index contributed by atoms with van der Waals surface area (Å²) in [6.07, 6.45) is 1.14. The highest BCUT2D eigenvalue weighted by Crippen LogP contribution is 2.24. The number of benzene rings is 2.